The Bertz CT molecular complexity index is 264. The van der Waals surface area contributed by atoms with Crippen molar-refractivity contribution in [1.29, 1.82) is 0 Å². The molecule has 17 heavy (non-hydrogen) atoms. The maximum absolute atomic E-state index is 6.25. The Hall–Kier alpha value is -0.0831. The molecule has 1 fully saturated rings. The second-order valence-electron chi connectivity index (χ2n) is 6.65. The van der Waals surface area contributed by atoms with Crippen LogP contribution < -0.4 is 0 Å². The maximum Gasteiger partial charge on any atom is 0.181 e. The van der Waals surface area contributed by atoms with Gasteiger partial charge in [-0.05, 0) is 48.1 Å². The van der Waals surface area contributed by atoms with Gasteiger partial charge in [-0.1, -0.05) is 39.8 Å². The lowest BCUT2D eigenvalue weighted by Crippen LogP contribution is -2.27. The molecule has 0 aromatic heterocycles. The average molecular weight is 252 g/mol. The van der Waals surface area contributed by atoms with Crippen LogP contribution in [-0.4, -0.2) is 15.6 Å². The number of hydrogen-bond acceptors (Lipinski definition) is 1. The molecule has 98 valence electrons. The van der Waals surface area contributed by atoms with E-state index in [9.17, 15) is 0 Å². The van der Waals surface area contributed by atoms with Crippen LogP contribution in [0.3, 0.4) is 0 Å². The molecule has 1 nitrogen and oxygen atoms in total. The van der Waals surface area contributed by atoms with Crippen LogP contribution in [0.25, 0.3) is 0 Å². The van der Waals surface area contributed by atoms with E-state index in [0.717, 1.165) is 35.4 Å². The van der Waals surface area contributed by atoms with Crippen LogP contribution in [0.2, 0.25) is 11.1 Å². The summed E-state index contributed by atoms with van der Waals surface area (Å²) < 4.78 is 6.25. The van der Waals surface area contributed by atoms with E-state index in [2.05, 4.69) is 39.8 Å². The van der Waals surface area contributed by atoms with Gasteiger partial charge in [0.1, 0.15) is 0 Å². The first-order chi connectivity index (χ1) is 8.08. The molecule has 0 radical (unpaired) electrons. The normalized spacial score (nSPS) is 31.4. The van der Waals surface area contributed by atoms with E-state index in [4.69, 9.17) is 4.43 Å². The molecule has 0 spiro atoms. The van der Waals surface area contributed by atoms with Crippen molar-refractivity contribution in [3.05, 3.63) is 12.2 Å². The Morgan fingerprint density at radius 2 is 1.82 bits per heavy atom. The van der Waals surface area contributed by atoms with Gasteiger partial charge in [0.15, 0.2) is 9.04 Å². The van der Waals surface area contributed by atoms with Crippen LogP contribution in [0.4, 0.5) is 0 Å². The molecule has 2 heteroatoms. The Morgan fingerprint density at radius 1 is 1.12 bits per heavy atom. The van der Waals surface area contributed by atoms with Crippen molar-refractivity contribution < 1.29 is 4.43 Å². The molecule has 3 unspecified atom stereocenters. The lowest BCUT2D eigenvalue weighted by atomic mass is 9.91. The number of fused-ring (bicyclic) bond motifs is 2. The highest BCUT2D eigenvalue weighted by Gasteiger charge is 2.35. The standard InChI is InChI=1S/C15H28OSi/c1-11(2)17(12(3)4)16-8-7-15-10-13-5-6-14(15)9-13/h5-6,11-15,17H,7-10H2,1-4H3. The third-order valence-electron chi connectivity index (χ3n) is 4.53. The summed E-state index contributed by atoms with van der Waals surface area (Å²) >= 11 is 0. The molecule has 2 bridgehead atoms. The van der Waals surface area contributed by atoms with Crippen LogP contribution in [0.5, 0.6) is 0 Å². The van der Waals surface area contributed by atoms with E-state index in [1.54, 1.807) is 0 Å². The highest BCUT2D eigenvalue weighted by molar-refractivity contribution is 6.54. The van der Waals surface area contributed by atoms with E-state index in [1.807, 2.05) is 0 Å². The molecule has 0 aliphatic heterocycles. The molecule has 2 aliphatic carbocycles. The zero-order valence-corrected chi connectivity index (χ0v) is 13.0. The molecule has 2 aliphatic rings. The van der Waals surface area contributed by atoms with Crippen molar-refractivity contribution in [1.82, 2.24) is 0 Å². The molecule has 0 aromatic rings. The SMILES string of the molecule is CC(C)[SiH](OCCC1CC2C=CC1C2)C(C)C. The van der Waals surface area contributed by atoms with Gasteiger partial charge in [0, 0.05) is 6.61 Å². The van der Waals surface area contributed by atoms with E-state index < -0.39 is 9.04 Å². The fourth-order valence-electron chi connectivity index (χ4n) is 3.74. The van der Waals surface area contributed by atoms with Gasteiger partial charge >= 0.3 is 0 Å². The van der Waals surface area contributed by atoms with Crippen LogP contribution in [0.15, 0.2) is 12.2 Å². The summed E-state index contributed by atoms with van der Waals surface area (Å²) in [7, 11) is -0.977. The molecule has 0 heterocycles. The van der Waals surface area contributed by atoms with Crippen LogP contribution in [0.1, 0.15) is 47.0 Å². The number of rotatable bonds is 6. The third-order valence-corrected chi connectivity index (χ3v) is 7.78. The van der Waals surface area contributed by atoms with Crippen LogP contribution in [-0.2, 0) is 4.43 Å². The van der Waals surface area contributed by atoms with E-state index in [0.29, 0.717) is 0 Å². The number of hydrogen-bond donors (Lipinski definition) is 0. The zero-order chi connectivity index (χ0) is 12.4. The fraction of sp³-hybridized carbons (Fsp3) is 0.867. The molecule has 1 saturated carbocycles. The van der Waals surface area contributed by atoms with Crippen molar-refractivity contribution in [2.75, 3.05) is 6.61 Å². The Balaban J connectivity index is 1.70. The van der Waals surface area contributed by atoms with Crippen LogP contribution >= 0.6 is 0 Å². The largest absolute Gasteiger partial charge is 0.420 e. The fourth-order valence-corrected chi connectivity index (χ4v) is 6.45. The quantitative estimate of drug-likeness (QED) is 0.510. The van der Waals surface area contributed by atoms with Crippen LogP contribution in [0, 0.1) is 17.8 Å². The molecular formula is C15H28OSi. The minimum Gasteiger partial charge on any atom is -0.420 e. The van der Waals surface area contributed by atoms with Crippen molar-refractivity contribution in [3.8, 4) is 0 Å². The summed E-state index contributed by atoms with van der Waals surface area (Å²) in [5.41, 5.74) is 1.55. The molecule has 3 atom stereocenters. The maximum atomic E-state index is 6.25. The lowest BCUT2D eigenvalue weighted by Gasteiger charge is -2.25. The van der Waals surface area contributed by atoms with E-state index in [-0.39, 0.29) is 0 Å². The average Bonchev–Trinajstić information content (AvgIpc) is 2.84. The van der Waals surface area contributed by atoms with Crippen molar-refractivity contribution in [2.45, 2.75) is 58.0 Å². The van der Waals surface area contributed by atoms with Gasteiger partial charge in [0.05, 0.1) is 0 Å². The van der Waals surface area contributed by atoms with Crippen molar-refractivity contribution >= 4 is 9.04 Å². The van der Waals surface area contributed by atoms with Crippen molar-refractivity contribution in [3.63, 3.8) is 0 Å². The summed E-state index contributed by atoms with van der Waals surface area (Å²) in [6.07, 6.45) is 9.05. The molecule has 0 amide bonds. The molecule has 0 aromatic carbocycles. The summed E-state index contributed by atoms with van der Waals surface area (Å²) in [5, 5.41) is 0. The van der Waals surface area contributed by atoms with Crippen molar-refractivity contribution in [2.24, 2.45) is 17.8 Å². The molecule has 2 rings (SSSR count). The Morgan fingerprint density at radius 3 is 2.29 bits per heavy atom. The Labute approximate surface area is 108 Å². The highest BCUT2D eigenvalue weighted by atomic mass is 28.3. The van der Waals surface area contributed by atoms with E-state index >= 15 is 0 Å². The van der Waals surface area contributed by atoms with Gasteiger partial charge in [0.2, 0.25) is 0 Å². The summed E-state index contributed by atoms with van der Waals surface area (Å²) in [6.45, 7) is 10.3. The summed E-state index contributed by atoms with van der Waals surface area (Å²) in [6, 6.07) is 0. The summed E-state index contributed by atoms with van der Waals surface area (Å²) in [4.78, 5) is 0. The number of allylic oxidation sites excluding steroid dienone is 2. The Kier molecular flexibility index (Phi) is 4.48. The molecule has 0 N–H and O–H groups in total. The predicted molar refractivity (Wildman–Crippen MR) is 76.8 cm³/mol. The molecular weight excluding hydrogens is 224 g/mol. The minimum absolute atomic E-state index is 0.773. The minimum atomic E-state index is -0.977. The first-order valence-corrected chi connectivity index (χ1v) is 9.18. The van der Waals surface area contributed by atoms with Gasteiger partial charge in [-0.15, -0.1) is 0 Å². The van der Waals surface area contributed by atoms with Gasteiger partial charge in [0.25, 0.3) is 0 Å². The first-order valence-electron chi connectivity index (χ1n) is 7.38. The highest BCUT2D eigenvalue weighted by Crippen LogP contribution is 2.44. The molecule has 0 saturated heterocycles. The topological polar surface area (TPSA) is 9.23 Å². The second-order valence-corrected chi connectivity index (χ2v) is 10.6. The smallest absolute Gasteiger partial charge is 0.181 e. The second kappa shape index (κ2) is 5.70. The van der Waals surface area contributed by atoms with Gasteiger partial charge in [-0.3, -0.25) is 0 Å². The first kappa shape index (κ1) is 13.4. The summed E-state index contributed by atoms with van der Waals surface area (Å²) in [5.74, 6) is 2.73. The third kappa shape index (κ3) is 3.23. The van der Waals surface area contributed by atoms with E-state index in [1.165, 1.54) is 19.3 Å². The van der Waals surface area contributed by atoms with Gasteiger partial charge in [-0.2, -0.15) is 0 Å². The van der Waals surface area contributed by atoms with Gasteiger partial charge in [-0.25, -0.2) is 0 Å². The van der Waals surface area contributed by atoms with Gasteiger partial charge < -0.3 is 4.43 Å². The zero-order valence-electron chi connectivity index (χ0n) is 11.9. The predicted octanol–water partition coefficient (Wildman–Crippen LogP) is 4.15. The lowest BCUT2D eigenvalue weighted by molar-refractivity contribution is 0.256. The monoisotopic (exact) mass is 252 g/mol.